The lowest BCUT2D eigenvalue weighted by Crippen LogP contribution is -2.17. The Hall–Kier alpha value is -1.59. The average molecular weight is 278 g/mol. The molecule has 1 N–H and O–H groups in total. The second-order valence-corrected chi connectivity index (χ2v) is 5.12. The Morgan fingerprint density at radius 3 is 2.42 bits per heavy atom. The Labute approximate surface area is 117 Å². The largest absolute Gasteiger partial charge is 0.497 e. The number of thiazole rings is 1. The van der Waals surface area contributed by atoms with Crippen molar-refractivity contribution in [2.24, 2.45) is 0 Å². The molecule has 0 amide bonds. The van der Waals surface area contributed by atoms with Crippen LogP contribution in [0.1, 0.15) is 23.5 Å². The van der Waals surface area contributed by atoms with Crippen molar-refractivity contribution in [3.05, 3.63) is 40.3 Å². The molecule has 1 aromatic heterocycles. The van der Waals surface area contributed by atoms with Gasteiger partial charge in [-0.2, -0.15) is 0 Å². The van der Waals surface area contributed by atoms with Gasteiger partial charge >= 0.3 is 0 Å². The third-order valence-electron chi connectivity index (χ3n) is 2.85. The molecule has 0 bridgehead atoms. The summed E-state index contributed by atoms with van der Waals surface area (Å²) in [6, 6.07) is 6.11. The number of hydrogen-bond donors (Lipinski definition) is 1. The highest BCUT2D eigenvalue weighted by Gasteiger charge is 2.08. The number of benzene rings is 1. The van der Waals surface area contributed by atoms with Gasteiger partial charge in [-0.15, -0.1) is 11.3 Å². The molecule has 0 saturated heterocycles. The van der Waals surface area contributed by atoms with Crippen molar-refractivity contribution < 1.29 is 9.47 Å². The maximum atomic E-state index is 5.26. The second kappa shape index (κ2) is 6.54. The molecule has 102 valence electrons. The van der Waals surface area contributed by atoms with Crippen LogP contribution >= 0.6 is 11.3 Å². The first kappa shape index (κ1) is 13.8. The van der Waals surface area contributed by atoms with Gasteiger partial charge in [0.15, 0.2) is 0 Å². The van der Waals surface area contributed by atoms with Crippen LogP contribution in [-0.4, -0.2) is 19.2 Å². The molecule has 4 nitrogen and oxygen atoms in total. The Kier molecular flexibility index (Phi) is 4.76. The summed E-state index contributed by atoms with van der Waals surface area (Å²) < 4.78 is 10.5. The first-order valence-electron chi connectivity index (χ1n) is 6.07. The quantitative estimate of drug-likeness (QED) is 0.882. The number of methoxy groups -OCH3 is 2. The monoisotopic (exact) mass is 278 g/mol. The lowest BCUT2D eigenvalue weighted by molar-refractivity contribution is 0.392. The minimum Gasteiger partial charge on any atom is -0.497 e. The molecular weight excluding hydrogens is 260 g/mol. The topological polar surface area (TPSA) is 43.4 Å². The smallest absolute Gasteiger partial charge is 0.122 e. The number of nitrogens with one attached hydrogen (secondary N) is 1. The molecule has 1 unspecified atom stereocenters. The standard InChI is InChI=1S/C14H18N2O2S/c1-10(14-15-4-5-19-14)16-9-11-6-12(17-2)8-13(7-11)18-3/h4-8,10,16H,9H2,1-3H3. The first-order valence-corrected chi connectivity index (χ1v) is 6.95. The van der Waals surface area contributed by atoms with Crippen LogP contribution in [0.25, 0.3) is 0 Å². The van der Waals surface area contributed by atoms with Gasteiger partial charge in [0.25, 0.3) is 0 Å². The van der Waals surface area contributed by atoms with Gasteiger partial charge in [0.05, 0.1) is 20.3 Å². The van der Waals surface area contributed by atoms with E-state index in [1.165, 1.54) is 0 Å². The van der Waals surface area contributed by atoms with Gasteiger partial charge in [0, 0.05) is 24.2 Å². The minimum absolute atomic E-state index is 0.234. The second-order valence-electron chi connectivity index (χ2n) is 4.19. The number of rotatable bonds is 6. The molecule has 0 radical (unpaired) electrons. The highest BCUT2D eigenvalue weighted by Crippen LogP contribution is 2.23. The Balaban J connectivity index is 2.02. The fraction of sp³-hybridized carbons (Fsp3) is 0.357. The van der Waals surface area contributed by atoms with Crippen molar-refractivity contribution in [3.8, 4) is 11.5 Å². The van der Waals surface area contributed by atoms with E-state index >= 15 is 0 Å². The molecule has 2 rings (SSSR count). The van der Waals surface area contributed by atoms with Gasteiger partial charge in [0.1, 0.15) is 16.5 Å². The Morgan fingerprint density at radius 1 is 1.21 bits per heavy atom. The highest BCUT2D eigenvalue weighted by molar-refractivity contribution is 7.09. The van der Waals surface area contributed by atoms with Crippen LogP contribution in [0.5, 0.6) is 11.5 Å². The maximum absolute atomic E-state index is 5.26. The van der Waals surface area contributed by atoms with Gasteiger partial charge in [-0.3, -0.25) is 0 Å². The van der Waals surface area contributed by atoms with Crippen LogP contribution in [0.3, 0.4) is 0 Å². The van der Waals surface area contributed by atoms with Crippen LogP contribution in [0, 0.1) is 0 Å². The van der Waals surface area contributed by atoms with Crippen molar-refractivity contribution in [3.63, 3.8) is 0 Å². The molecule has 0 saturated carbocycles. The zero-order chi connectivity index (χ0) is 13.7. The van der Waals surface area contributed by atoms with Gasteiger partial charge in [-0.25, -0.2) is 4.98 Å². The molecule has 1 heterocycles. The van der Waals surface area contributed by atoms with E-state index in [4.69, 9.17) is 9.47 Å². The molecular formula is C14H18N2O2S. The van der Waals surface area contributed by atoms with Crippen LogP contribution in [0.2, 0.25) is 0 Å². The molecule has 0 aliphatic carbocycles. The summed E-state index contributed by atoms with van der Waals surface area (Å²) in [6.45, 7) is 2.85. The van der Waals surface area contributed by atoms with E-state index in [0.717, 1.165) is 28.6 Å². The molecule has 0 aliphatic heterocycles. The summed E-state index contributed by atoms with van der Waals surface area (Å²) in [5.74, 6) is 1.61. The molecule has 0 spiro atoms. The average Bonchev–Trinajstić information content (AvgIpc) is 2.98. The first-order chi connectivity index (χ1) is 9.22. The zero-order valence-corrected chi connectivity index (χ0v) is 12.2. The van der Waals surface area contributed by atoms with Crippen LogP contribution in [0.4, 0.5) is 0 Å². The normalized spacial score (nSPS) is 12.2. The van der Waals surface area contributed by atoms with E-state index < -0.39 is 0 Å². The van der Waals surface area contributed by atoms with Crippen LogP contribution in [-0.2, 0) is 6.54 Å². The summed E-state index contributed by atoms with van der Waals surface area (Å²) in [6.07, 6.45) is 1.83. The third kappa shape index (κ3) is 3.68. The number of hydrogen-bond acceptors (Lipinski definition) is 5. The molecule has 19 heavy (non-hydrogen) atoms. The van der Waals surface area contributed by atoms with Crippen molar-refractivity contribution in [2.45, 2.75) is 19.5 Å². The number of aromatic nitrogens is 1. The van der Waals surface area contributed by atoms with Crippen molar-refractivity contribution >= 4 is 11.3 Å². The zero-order valence-electron chi connectivity index (χ0n) is 11.3. The van der Waals surface area contributed by atoms with E-state index in [1.54, 1.807) is 25.6 Å². The summed E-state index contributed by atoms with van der Waals surface area (Å²) in [5.41, 5.74) is 1.12. The predicted molar refractivity (Wildman–Crippen MR) is 76.9 cm³/mol. The van der Waals surface area contributed by atoms with E-state index in [1.807, 2.05) is 29.8 Å². The highest BCUT2D eigenvalue weighted by atomic mass is 32.1. The number of nitrogens with zero attached hydrogens (tertiary/aromatic N) is 1. The summed E-state index contributed by atoms with van der Waals surface area (Å²) in [5, 5.41) is 6.52. The van der Waals surface area contributed by atoms with E-state index in [0.29, 0.717) is 0 Å². The Bertz CT molecular complexity index is 492. The van der Waals surface area contributed by atoms with Gasteiger partial charge in [0.2, 0.25) is 0 Å². The van der Waals surface area contributed by atoms with E-state index in [-0.39, 0.29) is 6.04 Å². The summed E-state index contributed by atoms with van der Waals surface area (Å²) in [4.78, 5) is 4.30. The SMILES string of the molecule is COc1cc(CNC(C)c2nccs2)cc(OC)c1. The van der Waals surface area contributed by atoms with Gasteiger partial charge < -0.3 is 14.8 Å². The molecule has 2 aromatic rings. The molecule has 1 atom stereocenters. The van der Waals surface area contributed by atoms with Crippen LogP contribution in [0.15, 0.2) is 29.8 Å². The third-order valence-corrected chi connectivity index (χ3v) is 3.80. The maximum Gasteiger partial charge on any atom is 0.122 e. The molecule has 0 fully saturated rings. The van der Waals surface area contributed by atoms with Crippen molar-refractivity contribution in [1.82, 2.24) is 10.3 Å². The van der Waals surface area contributed by atoms with Crippen molar-refractivity contribution in [2.75, 3.05) is 14.2 Å². The summed E-state index contributed by atoms with van der Waals surface area (Å²) in [7, 11) is 3.31. The lowest BCUT2D eigenvalue weighted by atomic mass is 10.2. The lowest BCUT2D eigenvalue weighted by Gasteiger charge is -2.13. The van der Waals surface area contributed by atoms with E-state index in [2.05, 4.69) is 17.2 Å². The summed E-state index contributed by atoms with van der Waals surface area (Å²) >= 11 is 1.66. The predicted octanol–water partition coefficient (Wildman–Crippen LogP) is 3.01. The van der Waals surface area contributed by atoms with E-state index in [9.17, 15) is 0 Å². The fourth-order valence-electron chi connectivity index (χ4n) is 1.78. The molecule has 1 aromatic carbocycles. The minimum atomic E-state index is 0.234. The van der Waals surface area contributed by atoms with Crippen molar-refractivity contribution in [1.29, 1.82) is 0 Å². The van der Waals surface area contributed by atoms with Gasteiger partial charge in [-0.05, 0) is 24.6 Å². The Morgan fingerprint density at radius 2 is 1.89 bits per heavy atom. The van der Waals surface area contributed by atoms with Crippen LogP contribution < -0.4 is 14.8 Å². The fourth-order valence-corrected chi connectivity index (χ4v) is 2.45. The molecule has 5 heteroatoms. The van der Waals surface area contributed by atoms with Gasteiger partial charge in [-0.1, -0.05) is 0 Å². The number of ether oxygens (including phenoxy) is 2. The molecule has 0 aliphatic rings.